The number of aliphatic imine (C=N–C) groups is 1. The summed E-state index contributed by atoms with van der Waals surface area (Å²) in [7, 11) is 1.68. The van der Waals surface area contributed by atoms with Crippen LogP contribution in [-0.2, 0) is 6.18 Å². The number of hydrogen-bond donors (Lipinski definition) is 2. The van der Waals surface area contributed by atoms with E-state index in [0.29, 0.717) is 5.56 Å². The van der Waals surface area contributed by atoms with Gasteiger partial charge in [0.1, 0.15) is 6.17 Å². The molecule has 3 rings (SSSR count). The summed E-state index contributed by atoms with van der Waals surface area (Å²) < 4.78 is 39.4. The first-order valence-corrected chi connectivity index (χ1v) is 6.79. The fourth-order valence-corrected chi connectivity index (χ4v) is 2.42. The molecule has 0 saturated carbocycles. The van der Waals surface area contributed by atoms with E-state index in [2.05, 4.69) is 9.98 Å². The van der Waals surface area contributed by atoms with E-state index in [-0.39, 0.29) is 23.0 Å². The van der Waals surface area contributed by atoms with Crippen molar-refractivity contribution < 1.29 is 13.2 Å². The number of aromatic nitrogens is 1. The van der Waals surface area contributed by atoms with Crippen LogP contribution in [0.15, 0.2) is 41.4 Å². The number of pyridine rings is 1. The molecule has 1 atom stereocenters. The lowest BCUT2D eigenvalue weighted by molar-refractivity contribution is -0.137. The van der Waals surface area contributed by atoms with Crippen molar-refractivity contribution in [3.8, 4) is 11.3 Å². The number of fused-ring (bicyclic) bond motifs is 1. The third-order valence-electron chi connectivity index (χ3n) is 3.73. The van der Waals surface area contributed by atoms with Gasteiger partial charge >= 0.3 is 6.18 Å². The summed E-state index contributed by atoms with van der Waals surface area (Å²) >= 11 is 0. The molecular weight excluding hydrogens is 307 g/mol. The van der Waals surface area contributed by atoms with Crippen molar-refractivity contribution in [1.29, 1.82) is 0 Å². The molecule has 1 aromatic carbocycles. The average molecular weight is 321 g/mol. The highest BCUT2D eigenvalue weighted by Gasteiger charge is 2.34. The minimum atomic E-state index is -4.47. The number of alkyl halides is 3. The molecule has 1 aliphatic rings. The Morgan fingerprint density at radius 3 is 2.52 bits per heavy atom. The third-order valence-corrected chi connectivity index (χ3v) is 3.73. The number of hydrogen-bond acceptors (Lipinski definition) is 5. The zero-order valence-electron chi connectivity index (χ0n) is 12.2. The van der Waals surface area contributed by atoms with Gasteiger partial charge in [0.2, 0.25) is 0 Å². The lowest BCUT2D eigenvalue weighted by Gasteiger charge is -2.30. The summed E-state index contributed by atoms with van der Waals surface area (Å²) in [6.07, 6.45) is -5.01. The fourth-order valence-electron chi connectivity index (χ4n) is 2.42. The Morgan fingerprint density at radius 2 is 1.83 bits per heavy atom. The molecule has 0 amide bonds. The lowest BCUT2D eigenvalue weighted by atomic mass is 10.0. The summed E-state index contributed by atoms with van der Waals surface area (Å²) in [6, 6.07) is 8.40. The summed E-state index contributed by atoms with van der Waals surface area (Å²) in [5.74, 6) is 0.404. The van der Waals surface area contributed by atoms with Gasteiger partial charge in [0.15, 0.2) is 11.8 Å². The van der Waals surface area contributed by atoms with Crippen LogP contribution in [-0.4, -0.2) is 22.9 Å². The Labute approximate surface area is 130 Å². The van der Waals surface area contributed by atoms with Gasteiger partial charge in [-0.1, -0.05) is 18.2 Å². The first-order chi connectivity index (χ1) is 10.8. The average Bonchev–Trinajstić information content (AvgIpc) is 2.51. The topological polar surface area (TPSA) is 80.5 Å². The van der Waals surface area contributed by atoms with Gasteiger partial charge in [-0.3, -0.25) is 0 Å². The van der Waals surface area contributed by atoms with Crippen molar-refractivity contribution in [3.05, 3.63) is 47.5 Å². The minimum Gasteiger partial charge on any atom is -0.369 e. The second-order valence-corrected chi connectivity index (χ2v) is 5.18. The normalized spacial score (nSPS) is 17.7. The van der Waals surface area contributed by atoms with Crippen LogP contribution in [0.2, 0.25) is 0 Å². The number of benzene rings is 1. The molecule has 1 aliphatic heterocycles. The van der Waals surface area contributed by atoms with E-state index in [4.69, 9.17) is 11.5 Å². The highest BCUT2D eigenvalue weighted by molar-refractivity contribution is 5.83. The second-order valence-electron chi connectivity index (χ2n) is 5.18. The van der Waals surface area contributed by atoms with Crippen molar-refractivity contribution in [2.24, 2.45) is 16.5 Å². The summed E-state index contributed by atoms with van der Waals surface area (Å²) in [5.41, 5.74) is 11.8. The van der Waals surface area contributed by atoms with Crippen molar-refractivity contribution >= 4 is 11.8 Å². The molecule has 8 heteroatoms. The van der Waals surface area contributed by atoms with Gasteiger partial charge in [-0.15, -0.1) is 0 Å². The zero-order chi connectivity index (χ0) is 16.8. The molecule has 2 aromatic rings. The van der Waals surface area contributed by atoms with E-state index in [1.165, 1.54) is 24.3 Å². The molecular formula is C15H14F3N5. The van der Waals surface area contributed by atoms with Gasteiger partial charge in [-0.2, -0.15) is 18.2 Å². The van der Waals surface area contributed by atoms with Gasteiger partial charge in [0.05, 0.1) is 11.3 Å². The monoisotopic (exact) mass is 321 g/mol. The predicted octanol–water partition coefficient (Wildman–Crippen LogP) is 2.62. The first kappa shape index (κ1) is 15.3. The van der Waals surface area contributed by atoms with Crippen molar-refractivity contribution in [2.75, 3.05) is 7.05 Å². The Kier molecular flexibility index (Phi) is 3.48. The molecule has 120 valence electrons. The molecule has 0 saturated heterocycles. The van der Waals surface area contributed by atoms with Gasteiger partial charge < -0.3 is 16.4 Å². The standard InChI is InChI=1S/C15H14F3N5/c1-23-12(19)9-6-7-11(21-13(9)22-14(23)20)8-4-2-3-5-10(8)15(16,17)18/h2-7,12H,19H2,1H3,(H2,20,21,22). The van der Waals surface area contributed by atoms with Crippen LogP contribution in [0.4, 0.5) is 19.0 Å². The highest BCUT2D eigenvalue weighted by atomic mass is 19.4. The quantitative estimate of drug-likeness (QED) is 0.846. The number of halogens is 3. The van der Waals surface area contributed by atoms with Crippen LogP contribution in [0.25, 0.3) is 11.3 Å². The first-order valence-electron chi connectivity index (χ1n) is 6.79. The number of guanidine groups is 1. The number of nitrogens with zero attached hydrogens (tertiary/aromatic N) is 3. The van der Waals surface area contributed by atoms with E-state index in [1.807, 2.05) is 0 Å². The molecule has 1 unspecified atom stereocenters. The van der Waals surface area contributed by atoms with Crippen LogP contribution in [0, 0.1) is 0 Å². The molecule has 0 spiro atoms. The molecule has 0 aliphatic carbocycles. The van der Waals surface area contributed by atoms with E-state index in [9.17, 15) is 13.2 Å². The van der Waals surface area contributed by atoms with Crippen LogP contribution in [0.5, 0.6) is 0 Å². The molecule has 2 heterocycles. The second kappa shape index (κ2) is 5.24. The van der Waals surface area contributed by atoms with Crippen LogP contribution in [0.3, 0.4) is 0 Å². The molecule has 0 radical (unpaired) electrons. The van der Waals surface area contributed by atoms with Crippen molar-refractivity contribution in [1.82, 2.24) is 9.88 Å². The largest absolute Gasteiger partial charge is 0.417 e. The zero-order valence-corrected chi connectivity index (χ0v) is 12.2. The van der Waals surface area contributed by atoms with Crippen molar-refractivity contribution in [3.63, 3.8) is 0 Å². The molecule has 4 N–H and O–H groups in total. The lowest BCUT2D eigenvalue weighted by Crippen LogP contribution is -2.43. The van der Waals surface area contributed by atoms with Crippen LogP contribution < -0.4 is 11.5 Å². The van der Waals surface area contributed by atoms with Crippen LogP contribution in [0.1, 0.15) is 17.3 Å². The van der Waals surface area contributed by atoms with E-state index in [0.717, 1.165) is 6.07 Å². The molecule has 0 bridgehead atoms. The highest BCUT2D eigenvalue weighted by Crippen LogP contribution is 2.38. The summed E-state index contributed by atoms with van der Waals surface area (Å²) in [5, 5.41) is 0. The Hall–Kier alpha value is -2.61. The van der Waals surface area contributed by atoms with Gasteiger partial charge in [-0.25, -0.2) is 4.98 Å². The maximum atomic E-state index is 13.1. The fraction of sp³-hybridized carbons (Fsp3) is 0.200. The van der Waals surface area contributed by atoms with Gasteiger partial charge in [0.25, 0.3) is 0 Å². The van der Waals surface area contributed by atoms with Gasteiger partial charge in [0, 0.05) is 18.2 Å². The maximum absolute atomic E-state index is 13.1. The molecule has 1 aromatic heterocycles. The molecule has 23 heavy (non-hydrogen) atoms. The maximum Gasteiger partial charge on any atom is 0.417 e. The van der Waals surface area contributed by atoms with E-state index >= 15 is 0 Å². The molecule has 5 nitrogen and oxygen atoms in total. The number of rotatable bonds is 1. The SMILES string of the molecule is CN1C(N)=Nc2nc(-c3ccccc3C(F)(F)F)ccc2C1N. The van der Waals surface area contributed by atoms with Gasteiger partial charge in [-0.05, 0) is 18.2 Å². The Bertz CT molecular complexity index is 785. The summed E-state index contributed by atoms with van der Waals surface area (Å²) in [4.78, 5) is 9.88. The smallest absolute Gasteiger partial charge is 0.369 e. The minimum absolute atomic E-state index is 0.0101. The predicted molar refractivity (Wildman–Crippen MR) is 80.6 cm³/mol. The van der Waals surface area contributed by atoms with E-state index < -0.39 is 17.9 Å². The number of nitrogens with two attached hydrogens (primary N) is 2. The Morgan fingerprint density at radius 1 is 1.13 bits per heavy atom. The van der Waals surface area contributed by atoms with Crippen molar-refractivity contribution in [2.45, 2.75) is 12.3 Å². The third kappa shape index (κ3) is 2.61. The van der Waals surface area contributed by atoms with Crippen LogP contribution >= 0.6 is 0 Å². The summed E-state index contributed by atoms with van der Waals surface area (Å²) in [6.45, 7) is 0. The van der Waals surface area contributed by atoms with E-state index in [1.54, 1.807) is 18.0 Å². The molecule has 0 fully saturated rings. The Balaban J connectivity index is 2.15.